The fourth-order valence-corrected chi connectivity index (χ4v) is 2.76. The second kappa shape index (κ2) is 7.32. The van der Waals surface area contributed by atoms with Crippen LogP contribution in [0, 0.1) is 11.3 Å². The SMILES string of the molecule is N#Cc1ccc(N(Cc2ccc(OS(N)(=O)=O)c(O)c2)n2cnnc2)cc1. The van der Waals surface area contributed by atoms with Gasteiger partial charge in [0.1, 0.15) is 12.7 Å². The number of hydrogen-bond acceptors (Lipinski definition) is 8. The normalized spacial score (nSPS) is 11.0. The average molecular weight is 386 g/mol. The largest absolute Gasteiger partial charge is 0.504 e. The molecular weight excluding hydrogens is 372 g/mol. The molecule has 0 saturated heterocycles. The number of nitrogens with zero attached hydrogens (tertiary/aromatic N) is 5. The maximum absolute atomic E-state index is 11.0. The summed E-state index contributed by atoms with van der Waals surface area (Å²) in [5, 5.41) is 33.1. The van der Waals surface area contributed by atoms with E-state index in [1.807, 2.05) is 0 Å². The summed E-state index contributed by atoms with van der Waals surface area (Å²) in [6.07, 6.45) is 2.99. The lowest BCUT2D eigenvalue weighted by Gasteiger charge is -2.25. The van der Waals surface area contributed by atoms with Crippen LogP contribution in [0.5, 0.6) is 11.5 Å². The number of phenolic OH excluding ortho intramolecular Hbond substituents is 1. The number of nitriles is 1. The van der Waals surface area contributed by atoms with Gasteiger partial charge >= 0.3 is 10.3 Å². The first-order chi connectivity index (χ1) is 12.9. The van der Waals surface area contributed by atoms with Gasteiger partial charge in [-0.25, -0.2) is 4.68 Å². The van der Waals surface area contributed by atoms with E-state index in [4.69, 9.17) is 10.4 Å². The van der Waals surface area contributed by atoms with Crippen LogP contribution in [-0.4, -0.2) is 28.4 Å². The topological polar surface area (TPSA) is 147 Å². The van der Waals surface area contributed by atoms with Crippen LogP contribution in [0.25, 0.3) is 0 Å². The zero-order chi connectivity index (χ0) is 19.4. The Bertz CT molecular complexity index is 1080. The maximum atomic E-state index is 11.0. The van der Waals surface area contributed by atoms with Crippen LogP contribution in [0.15, 0.2) is 55.1 Å². The van der Waals surface area contributed by atoms with Gasteiger partial charge in [0.2, 0.25) is 0 Å². The van der Waals surface area contributed by atoms with E-state index in [2.05, 4.69) is 20.4 Å². The minimum absolute atomic E-state index is 0.268. The van der Waals surface area contributed by atoms with Crippen LogP contribution in [-0.2, 0) is 16.8 Å². The van der Waals surface area contributed by atoms with Crippen LogP contribution in [0.2, 0.25) is 0 Å². The standard InChI is InChI=1S/C16H14N6O4S/c17-8-12-1-4-14(5-2-12)22(21-10-19-20-11-21)9-13-3-6-16(15(23)7-13)26-27(18,24)25/h1-7,10-11,23H,9H2,(H2,18,24,25). The van der Waals surface area contributed by atoms with Crippen molar-refractivity contribution in [2.24, 2.45) is 5.14 Å². The highest BCUT2D eigenvalue weighted by Crippen LogP contribution is 2.29. The first-order valence-electron chi connectivity index (χ1n) is 7.52. The summed E-state index contributed by atoms with van der Waals surface area (Å²) < 4.78 is 28.1. The lowest BCUT2D eigenvalue weighted by Crippen LogP contribution is -2.27. The van der Waals surface area contributed by atoms with Gasteiger partial charge in [-0.2, -0.15) is 18.8 Å². The van der Waals surface area contributed by atoms with Gasteiger partial charge in [-0.05, 0) is 42.0 Å². The number of anilines is 1. The molecule has 27 heavy (non-hydrogen) atoms. The first-order valence-corrected chi connectivity index (χ1v) is 8.99. The quantitative estimate of drug-likeness (QED) is 0.635. The molecule has 11 heteroatoms. The van der Waals surface area contributed by atoms with Gasteiger partial charge in [-0.15, -0.1) is 10.2 Å². The minimum atomic E-state index is -4.24. The van der Waals surface area contributed by atoms with Gasteiger partial charge in [0.25, 0.3) is 0 Å². The van der Waals surface area contributed by atoms with Crippen LogP contribution >= 0.6 is 0 Å². The maximum Gasteiger partial charge on any atom is 0.380 e. The van der Waals surface area contributed by atoms with Crippen molar-refractivity contribution in [3.8, 4) is 17.6 Å². The molecule has 3 N–H and O–H groups in total. The molecule has 2 aromatic carbocycles. The number of nitrogens with two attached hydrogens (primary N) is 1. The molecule has 10 nitrogen and oxygen atoms in total. The van der Waals surface area contributed by atoms with E-state index < -0.39 is 10.3 Å². The Kier molecular flexibility index (Phi) is 4.93. The van der Waals surface area contributed by atoms with Crippen LogP contribution in [0.3, 0.4) is 0 Å². The van der Waals surface area contributed by atoms with Gasteiger partial charge in [0.15, 0.2) is 11.5 Å². The second-order valence-corrected chi connectivity index (χ2v) is 6.59. The molecule has 0 radical (unpaired) electrons. The zero-order valence-electron chi connectivity index (χ0n) is 13.8. The Hall–Kier alpha value is -3.62. The smallest absolute Gasteiger partial charge is 0.380 e. The molecule has 1 heterocycles. The van der Waals surface area contributed by atoms with Gasteiger partial charge in [-0.1, -0.05) is 6.07 Å². The van der Waals surface area contributed by atoms with E-state index in [1.54, 1.807) is 40.0 Å². The third kappa shape index (κ3) is 4.51. The summed E-state index contributed by atoms with van der Waals surface area (Å²) in [7, 11) is -4.24. The van der Waals surface area contributed by atoms with Crippen molar-refractivity contribution in [3.63, 3.8) is 0 Å². The molecule has 0 amide bonds. The molecule has 0 aliphatic carbocycles. The zero-order valence-corrected chi connectivity index (χ0v) is 14.6. The summed E-state index contributed by atoms with van der Waals surface area (Å²) in [6, 6.07) is 13.2. The molecule has 0 bridgehead atoms. The molecule has 0 spiro atoms. The van der Waals surface area contributed by atoms with Crippen molar-refractivity contribution < 1.29 is 17.7 Å². The van der Waals surface area contributed by atoms with Gasteiger partial charge in [-0.3, -0.25) is 5.01 Å². The molecule has 0 aliphatic rings. The molecule has 0 aliphatic heterocycles. The average Bonchev–Trinajstić information content (AvgIpc) is 3.15. The Morgan fingerprint density at radius 1 is 1.19 bits per heavy atom. The molecule has 138 valence electrons. The van der Waals surface area contributed by atoms with Gasteiger partial charge in [0.05, 0.1) is 23.9 Å². The van der Waals surface area contributed by atoms with Crippen molar-refractivity contribution in [1.29, 1.82) is 5.26 Å². The fourth-order valence-electron chi connectivity index (χ4n) is 2.36. The Morgan fingerprint density at radius 2 is 1.85 bits per heavy atom. The molecule has 0 saturated carbocycles. The van der Waals surface area contributed by atoms with E-state index in [1.165, 1.54) is 24.8 Å². The van der Waals surface area contributed by atoms with Gasteiger partial charge < -0.3 is 9.29 Å². The Morgan fingerprint density at radius 3 is 2.41 bits per heavy atom. The Labute approximate surface area is 154 Å². The molecule has 3 rings (SSSR count). The summed E-state index contributed by atoms with van der Waals surface area (Å²) in [6.45, 7) is 0.285. The highest BCUT2D eigenvalue weighted by Gasteiger charge is 2.14. The third-order valence-corrected chi connectivity index (χ3v) is 3.95. The molecule has 0 fully saturated rings. The van der Waals surface area contributed by atoms with E-state index in [-0.39, 0.29) is 18.0 Å². The predicted molar refractivity (Wildman–Crippen MR) is 94.6 cm³/mol. The fraction of sp³-hybridized carbons (Fsp3) is 0.0625. The highest BCUT2D eigenvalue weighted by molar-refractivity contribution is 7.84. The predicted octanol–water partition coefficient (Wildman–Crippen LogP) is 0.908. The van der Waals surface area contributed by atoms with Crippen LogP contribution < -0.4 is 14.3 Å². The Balaban J connectivity index is 1.91. The first kappa shape index (κ1) is 18.2. The molecule has 0 unspecified atom stereocenters. The lowest BCUT2D eigenvalue weighted by molar-refractivity contribution is 0.428. The third-order valence-electron chi connectivity index (χ3n) is 3.54. The number of rotatable bonds is 6. The monoisotopic (exact) mass is 386 g/mol. The van der Waals surface area contributed by atoms with Crippen molar-refractivity contribution in [2.75, 3.05) is 5.01 Å². The number of aromatic nitrogens is 3. The highest BCUT2D eigenvalue weighted by atomic mass is 32.2. The lowest BCUT2D eigenvalue weighted by atomic mass is 10.1. The van der Waals surface area contributed by atoms with Crippen LogP contribution in [0.1, 0.15) is 11.1 Å². The number of aromatic hydroxyl groups is 1. The van der Waals surface area contributed by atoms with E-state index in [0.717, 1.165) is 5.69 Å². The van der Waals surface area contributed by atoms with E-state index in [9.17, 15) is 13.5 Å². The summed E-state index contributed by atoms with van der Waals surface area (Å²) in [5.74, 6) is -0.638. The molecular formula is C16H14N6O4S. The molecule has 1 aromatic heterocycles. The summed E-state index contributed by atoms with van der Waals surface area (Å²) >= 11 is 0. The van der Waals surface area contributed by atoms with E-state index >= 15 is 0 Å². The van der Waals surface area contributed by atoms with Gasteiger partial charge in [0, 0.05) is 0 Å². The molecule has 3 aromatic rings. The molecule has 0 atom stereocenters. The number of benzene rings is 2. The van der Waals surface area contributed by atoms with Crippen LogP contribution in [0.4, 0.5) is 5.69 Å². The number of hydrogen-bond donors (Lipinski definition) is 2. The van der Waals surface area contributed by atoms with Crippen molar-refractivity contribution in [2.45, 2.75) is 6.54 Å². The van der Waals surface area contributed by atoms with Crippen molar-refractivity contribution in [3.05, 3.63) is 66.2 Å². The van der Waals surface area contributed by atoms with E-state index in [0.29, 0.717) is 11.1 Å². The summed E-state index contributed by atoms with van der Waals surface area (Å²) in [4.78, 5) is 0. The summed E-state index contributed by atoms with van der Waals surface area (Å²) in [5.41, 5.74) is 1.91. The minimum Gasteiger partial charge on any atom is -0.504 e. The number of phenols is 1. The van der Waals surface area contributed by atoms with Crippen molar-refractivity contribution >= 4 is 16.0 Å². The second-order valence-electron chi connectivity index (χ2n) is 5.44. The van der Waals surface area contributed by atoms with Crippen molar-refractivity contribution in [1.82, 2.24) is 14.9 Å².